The fourth-order valence-electron chi connectivity index (χ4n) is 2.93. The summed E-state index contributed by atoms with van der Waals surface area (Å²) in [6.07, 6.45) is 3.70. The summed E-state index contributed by atoms with van der Waals surface area (Å²) in [4.78, 5) is 26.3. The molecule has 0 spiro atoms. The summed E-state index contributed by atoms with van der Waals surface area (Å²) in [6.45, 7) is 7.18. The van der Waals surface area contributed by atoms with Crippen LogP contribution in [-0.2, 0) is 17.6 Å². The molecule has 3 rings (SSSR count). The maximum Gasteiger partial charge on any atom is 0.341 e. The first-order valence-corrected chi connectivity index (χ1v) is 9.29. The Morgan fingerprint density at radius 1 is 1.24 bits per heavy atom. The minimum atomic E-state index is -0.377. The van der Waals surface area contributed by atoms with Gasteiger partial charge in [0.05, 0.1) is 11.7 Å². The van der Waals surface area contributed by atoms with Crippen LogP contribution in [0.25, 0.3) is 0 Å². The van der Waals surface area contributed by atoms with Crippen LogP contribution in [-0.4, -0.2) is 23.1 Å². The van der Waals surface area contributed by atoms with Gasteiger partial charge in [-0.1, -0.05) is 5.16 Å². The van der Waals surface area contributed by atoms with E-state index in [2.05, 4.69) is 10.5 Å². The van der Waals surface area contributed by atoms with Crippen molar-refractivity contribution in [2.24, 2.45) is 0 Å². The van der Waals surface area contributed by atoms with Gasteiger partial charge in [0, 0.05) is 10.4 Å². The monoisotopic (exact) mass is 362 g/mol. The smallest absolute Gasteiger partial charge is 0.341 e. The Hall–Kier alpha value is -2.15. The van der Waals surface area contributed by atoms with Crippen LogP contribution in [0.5, 0.6) is 0 Å². The van der Waals surface area contributed by atoms with Crippen LogP contribution in [0.1, 0.15) is 69.3 Å². The van der Waals surface area contributed by atoms with E-state index in [1.165, 1.54) is 11.3 Å². The second-order valence-electron chi connectivity index (χ2n) is 6.54. The Balaban J connectivity index is 1.95. The number of amides is 1. The van der Waals surface area contributed by atoms with E-state index in [1.807, 2.05) is 13.8 Å². The number of anilines is 1. The summed E-state index contributed by atoms with van der Waals surface area (Å²) in [5.41, 5.74) is 2.46. The lowest BCUT2D eigenvalue weighted by Gasteiger charge is -2.14. The van der Waals surface area contributed by atoms with Crippen LogP contribution in [0.2, 0.25) is 0 Å². The van der Waals surface area contributed by atoms with E-state index in [1.54, 1.807) is 13.8 Å². The predicted octanol–water partition coefficient (Wildman–Crippen LogP) is 4.05. The minimum absolute atomic E-state index is 0.212. The molecule has 0 aromatic carbocycles. The topological polar surface area (TPSA) is 81.4 Å². The van der Waals surface area contributed by atoms with Gasteiger partial charge < -0.3 is 14.6 Å². The van der Waals surface area contributed by atoms with E-state index in [4.69, 9.17) is 9.26 Å². The molecular formula is C18H22N2O4S. The van der Waals surface area contributed by atoms with Crippen molar-refractivity contribution in [1.29, 1.82) is 0 Å². The van der Waals surface area contributed by atoms with Gasteiger partial charge in [0.1, 0.15) is 10.8 Å². The van der Waals surface area contributed by atoms with Gasteiger partial charge in [-0.2, -0.15) is 0 Å². The van der Waals surface area contributed by atoms with Crippen molar-refractivity contribution >= 4 is 28.2 Å². The molecule has 0 bridgehead atoms. The number of hydrogen-bond donors (Lipinski definition) is 1. The maximum absolute atomic E-state index is 12.6. The predicted molar refractivity (Wildman–Crippen MR) is 95.4 cm³/mol. The highest BCUT2D eigenvalue weighted by Gasteiger charge is 2.29. The van der Waals surface area contributed by atoms with Crippen LogP contribution in [0.4, 0.5) is 5.00 Å². The minimum Gasteiger partial charge on any atom is -0.459 e. The second-order valence-corrected chi connectivity index (χ2v) is 7.64. The fraction of sp³-hybridized carbons (Fsp3) is 0.500. The quantitative estimate of drug-likeness (QED) is 0.830. The Kier molecular flexibility index (Phi) is 4.94. The molecule has 0 saturated carbocycles. The number of aryl methyl sites for hydroxylation is 2. The molecule has 7 heteroatoms. The third kappa shape index (κ3) is 3.46. The van der Waals surface area contributed by atoms with Gasteiger partial charge in [0.25, 0.3) is 5.91 Å². The molecule has 2 heterocycles. The van der Waals surface area contributed by atoms with E-state index in [-0.39, 0.29) is 23.7 Å². The normalized spacial score (nSPS) is 13.6. The SMILES string of the molecule is Cc1onc(C(=O)Nc2sc3c(c2C(=O)OC(C)C)CCCC3)c1C. The fourth-order valence-corrected chi connectivity index (χ4v) is 4.21. The van der Waals surface area contributed by atoms with Crippen molar-refractivity contribution in [3.63, 3.8) is 0 Å². The van der Waals surface area contributed by atoms with E-state index in [9.17, 15) is 9.59 Å². The van der Waals surface area contributed by atoms with Crippen molar-refractivity contribution in [2.75, 3.05) is 5.32 Å². The van der Waals surface area contributed by atoms with Gasteiger partial charge in [0.2, 0.25) is 0 Å². The van der Waals surface area contributed by atoms with E-state index >= 15 is 0 Å². The molecule has 0 unspecified atom stereocenters. The Morgan fingerprint density at radius 3 is 2.60 bits per heavy atom. The molecule has 1 aliphatic carbocycles. The first kappa shape index (κ1) is 17.7. The molecule has 0 radical (unpaired) electrons. The molecule has 6 nitrogen and oxygen atoms in total. The van der Waals surface area contributed by atoms with Gasteiger partial charge in [-0.3, -0.25) is 4.79 Å². The summed E-state index contributed by atoms with van der Waals surface area (Å²) < 4.78 is 10.5. The van der Waals surface area contributed by atoms with Crippen LogP contribution < -0.4 is 5.32 Å². The third-order valence-electron chi connectivity index (χ3n) is 4.32. The lowest BCUT2D eigenvalue weighted by molar-refractivity contribution is 0.0378. The Bertz CT molecular complexity index is 819. The zero-order valence-electron chi connectivity index (χ0n) is 14.9. The summed E-state index contributed by atoms with van der Waals surface area (Å²) in [5, 5.41) is 7.21. The number of carbonyl (C=O) groups excluding carboxylic acids is 2. The summed E-state index contributed by atoms with van der Waals surface area (Å²) in [5.74, 6) is -0.139. The highest BCUT2D eigenvalue weighted by atomic mass is 32.1. The number of fused-ring (bicyclic) bond motifs is 1. The molecule has 0 aliphatic heterocycles. The standard InChI is InChI=1S/C18H22N2O4S/c1-9(2)23-18(22)14-12-7-5-6-8-13(12)25-17(14)19-16(21)15-10(3)11(4)24-20-15/h9H,5-8H2,1-4H3,(H,19,21). The number of carbonyl (C=O) groups is 2. The van der Waals surface area contributed by atoms with Crippen molar-refractivity contribution < 1.29 is 18.8 Å². The molecule has 2 aromatic rings. The highest BCUT2D eigenvalue weighted by Crippen LogP contribution is 2.39. The number of nitrogens with zero attached hydrogens (tertiary/aromatic N) is 1. The molecule has 1 N–H and O–H groups in total. The Labute approximate surface area is 150 Å². The average molecular weight is 362 g/mol. The zero-order valence-corrected chi connectivity index (χ0v) is 15.7. The molecule has 0 atom stereocenters. The van der Waals surface area contributed by atoms with Gasteiger partial charge in [-0.05, 0) is 58.9 Å². The first-order chi connectivity index (χ1) is 11.9. The number of thiophene rings is 1. The zero-order chi connectivity index (χ0) is 18.1. The molecule has 0 saturated heterocycles. The maximum atomic E-state index is 12.6. The van der Waals surface area contributed by atoms with Crippen molar-refractivity contribution in [1.82, 2.24) is 5.16 Å². The van der Waals surface area contributed by atoms with Crippen molar-refractivity contribution in [3.8, 4) is 0 Å². The highest BCUT2D eigenvalue weighted by molar-refractivity contribution is 7.17. The largest absolute Gasteiger partial charge is 0.459 e. The summed E-state index contributed by atoms with van der Waals surface area (Å²) in [6, 6.07) is 0. The number of esters is 1. The van der Waals surface area contributed by atoms with E-state index < -0.39 is 0 Å². The van der Waals surface area contributed by atoms with Crippen LogP contribution >= 0.6 is 11.3 Å². The van der Waals surface area contributed by atoms with Gasteiger partial charge in [-0.15, -0.1) is 11.3 Å². The molecule has 134 valence electrons. The molecular weight excluding hydrogens is 340 g/mol. The van der Waals surface area contributed by atoms with Gasteiger partial charge in [0.15, 0.2) is 5.69 Å². The third-order valence-corrected chi connectivity index (χ3v) is 5.52. The first-order valence-electron chi connectivity index (χ1n) is 8.48. The van der Waals surface area contributed by atoms with E-state index in [0.29, 0.717) is 21.9 Å². The van der Waals surface area contributed by atoms with Gasteiger partial charge in [-0.25, -0.2) is 4.79 Å². The molecule has 0 fully saturated rings. The molecule has 25 heavy (non-hydrogen) atoms. The summed E-state index contributed by atoms with van der Waals surface area (Å²) >= 11 is 1.46. The van der Waals surface area contributed by atoms with Crippen LogP contribution in [0.15, 0.2) is 4.52 Å². The summed E-state index contributed by atoms with van der Waals surface area (Å²) in [7, 11) is 0. The van der Waals surface area contributed by atoms with Crippen molar-refractivity contribution in [2.45, 2.75) is 59.5 Å². The number of hydrogen-bond acceptors (Lipinski definition) is 6. The van der Waals surface area contributed by atoms with Gasteiger partial charge >= 0.3 is 5.97 Å². The molecule has 2 aromatic heterocycles. The number of ether oxygens (including phenoxy) is 1. The van der Waals surface area contributed by atoms with Crippen LogP contribution in [0, 0.1) is 13.8 Å². The number of rotatable bonds is 4. The number of nitrogens with one attached hydrogen (secondary N) is 1. The average Bonchev–Trinajstić information content (AvgIpc) is 3.07. The van der Waals surface area contributed by atoms with Crippen LogP contribution in [0.3, 0.4) is 0 Å². The molecule has 1 aliphatic rings. The number of aromatic nitrogens is 1. The molecule has 1 amide bonds. The Morgan fingerprint density at radius 2 is 1.96 bits per heavy atom. The van der Waals surface area contributed by atoms with E-state index in [0.717, 1.165) is 36.1 Å². The lowest BCUT2D eigenvalue weighted by atomic mass is 9.95. The lowest BCUT2D eigenvalue weighted by Crippen LogP contribution is -2.18. The van der Waals surface area contributed by atoms with Crippen molar-refractivity contribution in [3.05, 3.63) is 33.0 Å². The second kappa shape index (κ2) is 7.00.